The average molecular weight is 203 g/mol. The predicted octanol–water partition coefficient (Wildman–Crippen LogP) is 1.06. The van der Waals surface area contributed by atoms with Gasteiger partial charge in [-0.2, -0.15) is 0 Å². The molecular weight excluding hydrogens is 186 g/mol. The predicted molar refractivity (Wildman–Crippen MR) is 50.5 cm³/mol. The summed E-state index contributed by atoms with van der Waals surface area (Å²) in [6.45, 7) is 5.62. The van der Waals surface area contributed by atoms with E-state index in [0.717, 1.165) is 0 Å². The zero-order valence-corrected chi connectivity index (χ0v) is 8.78. The lowest BCUT2D eigenvalue weighted by molar-refractivity contribution is -0.142. The van der Waals surface area contributed by atoms with Crippen LogP contribution in [0.15, 0.2) is 0 Å². The maximum atomic E-state index is 11.1. The minimum atomic E-state index is -0.979. The molecule has 0 bridgehead atoms. The minimum absolute atomic E-state index is 0.0681. The SMILES string of the molecule is CCCOC(=O)OC(=O)[C@@H](N)C(C)C. The minimum Gasteiger partial charge on any atom is -0.434 e. The van der Waals surface area contributed by atoms with Gasteiger partial charge >= 0.3 is 12.1 Å². The quantitative estimate of drug-likeness (QED) is 0.546. The summed E-state index contributed by atoms with van der Waals surface area (Å²) in [6.07, 6.45) is -0.299. The molecule has 0 radical (unpaired) electrons. The molecule has 2 N–H and O–H groups in total. The van der Waals surface area contributed by atoms with Crippen LogP contribution >= 0.6 is 0 Å². The van der Waals surface area contributed by atoms with Crippen molar-refractivity contribution in [2.75, 3.05) is 6.61 Å². The van der Waals surface area contributed by atoms with E-state index < -0.39 is 18.2 Å². The number of ether oxygens (including phenoxy) is 2. The van der Waals surface area contributed by atoms with Crippen molar-refractivity contribution in [3.8, 4) is 0 Å². The lowest BCUT2D eigenvalue weighted by Gasteiger charge is -2.12. The Labute approximate surface area is 83.5 Å². The van der Waals surface area contributed by atoms with E-state index in [1.165, 1.54) is 0 Å². The molecule has 82 valence electrons. The second-order valence-corrected chi connectivity index (χ2v) is 3.29. The molecule has 0 rings (SSSR count). The van der Waals surface area contributed by atoms with Crippen LogP contribution in [0.3, 0.4) is 0 Å². The third-order valence-corrected chi connectivity index (χ3v) is 1.60. The van der Waals surface area contributed by atoms with E-state index in [0.29, 0.717) is 6.42 Å². The van der Waals surface area contributed by atoms with E-state index in [1.807, 2.05) is 6.92 Å². The number of rotatable bonds is 4. The second-order valence-electron chi connectivity index (χ2n) is 3.29. The highest BCUT2D eigenvalue weighted by Gasteiger charge is 2.22. The molecule has 0 saturated carbocycles. The topological polar surface area (TPSA) is 78.6 Å². The van der Waals surface area contributed by atoms with Gasteiger partial charge in [0.2, 0.25) is 0 Å². The molecule has 14 heavy (non-hydrogen) atoms. The van der Waals surface area contributed by atoms with Crippen LogP contribution in [-0.2, 0) is 14.3 Å². The van der Waals surface area contributed by atoms with Gasteiger partial charge in [0.25, 0.3) is 0 Å². The Kier molecular flexibility index (Phi) is 5.87. The molecule has 0 aliphatic heterocycles. The van der Waals surface area contributed by atoms with Gasteiger partial charge in [0, 0.05) is 0 Å². The van der Waals surface area contributed by atoms with Crippen molar-refractivity contribution in [3.63, 3.8) is 0 Å². The van der Waals surface area contributed by atoms with Crippen LogP contribution in [0.25, 0.3) is 0 Å². The first kappa shape index (κ1) is 12.9. The van der Waals surface area contributed by atoms with Gasteiger partial charge in [0.05, 0.1) is 6.61 Å². The number of hydrogen-bond donors (Lipinski definition) is 1. The lowest BCUT2D eigenvalue weighted by Crippen LogP contribution is -2.38. The highest BCUT2D eigenvalue weighted by molar-refractivity contribution is 5.85. The van der Waals surface area contributed by atoms with Crippen molar-refractivity contribution in [3.05, 3.63) is 0 Å². The molecule has 5 heteroatoms. The summed E-state index contributed by atoms with van der Waals surface area (Å²) < 4.78 is 8.90. The van der Waals surface area contributed by atoms with Crippen molar-refractivity contribution >= 4 is 12.1 Å². The maximum absolute atomic E-state index is 11.1. The summed E-state index contributed by atoms with van der Waals surface area (Å²) >= 11 is 0. The molecule has 0 aromatic heterocycles. The number of hydrogen-bond acceptors (Lipinski definition) is 5. The van der Waals surface area contributed by atoms with Gasteiger partial charge < -0.3 is 15.2 Å². The summed E-state index contributed by atoms with van der Waals surface area (Å²) in [7, 11) is 0. The van der Waals surface area contributed by atoms with Gasteiger partial charge in [-0.05, 0) is 12.3 Å². The van der Waals surface area contributed by atoms with Crippen LogP contribution in [0.4, 0.5) is 4.79 Å². The first-order valence-corrected chi connectivity index (χ1v) is 4.63. The summed E-state index contributed by atoms with van der Waals surface area (Å²) in [4.78, 5) is 21.9. The molecule has 0 aliphatic rings. The highest BCUT2D eigenvalue weighted by atomic mass is 16.7. The molecule has 0 heterocycles. The zero-order valence-electron chi connectivity index (χ0n) is 8.78. The zero-order chi connectivity index (χ0) is 11.1. The smallest absolute Gasteiger partial charge is 0.434 e. The first-order valence-electron chi connectivity index (χ1n) is 4.63. The Hall–Kier alpha value is -1.10. The number of esters is 1. The molecule has 0 spiro atoms. The molecule has 0 aromatic carbocycles. The van der Waals surface area contributed by atoms with E-state index in [9.17, 15) is 9.59 Å². The van der Waals surface area contributed by atoms with Crippen molar-refractivity contribution in [1.82, 2.24) is 0 Å². The lowest BCUT2D eigenvalue weighted by atomic mass is 10.1. The summed E-state index contributed by atoms with van der Waals surface area (Å²) in [6, 6.07) is -0.788. The Bertz CT molecular complexity index is 203. The Morgan fingerprint density at radius 2 is 1.93 bits per heavy atom. The van der Waals surface area contributed by atoms with Gasteiger partial charge in [-0.3, -0.25) is 0 Å². The van der Waals surface area contributed by atoms with Crippen LogP contribution in [0, 0.1) is 5.92 Å². The molecule has 5 nitrogen and oxygen atoms in total. The molecule has 0 aromatic rings. The summed E-state index contributed by atoms with van der Waals surface area (Å²) in [5.74, 6) is -0.817. The first-order chi connectivity index (χ1) is 6.49. The Morgan fingerprint density at radius 1 is 1.36 bits per heavy atom. The van der Waals surface area contributed by atoms with E-state index in [-0.39, 0.29) is 12.5 Å². The number of nitrogens with two attached hydrogens (primary N) is 1. The number of carbonyl (C=O) groups is 2. The molecule has 0 aliphatic carbocycles. The van der Waals surface area contributed by atoms with E-state index in [4.69, 9.17) is 5.73 Å². The third-order valence-electron chi connectivity index (χ3n) is 1.60. The van der Waals surface area contributed by atoms with E-state index in [2.05, 4.69) is 9.47 Å². The average Bonchev–Trinajstić information content (AvgIpc) is 2.13. The normalized spacial score (nSPS) is 12.4. The number of carbonyl (C=O) groups excluding carboxylic acids is 2. The molecule has 0 amide bonds. The largest absolute Gasteiger partial charge is 0.516 e. The summed E-state index contributed by atoms with van der Waals surface area (Å²) in [5, 5.41) is 0. The van der Waals surface area contributed by atoms with Crippen LogP contribution in [0.1, 0.15) is 27.2 Å². The van der Waals surface area contributed by atoms with Crippen LogP contribution in [0.2, 0.25) is 0 Å². The fourth-order valence-electron chi connectivity index (χ4n) is 0.637. The van der Waals surface area contributed by atoms with Gasteiger partial charge in [-0.1, -0.05) is 20.8 Å². The van der Waals surface area contributed by atoms with Gasteiger partial charge in [-0.25, -0.2) is 9.59 Å². The van der Waals surface area contributed by atoms with Crippen molar-refractivity contribution in [1.29, 1.82) is 0 Å². The summed E-state index contributed by atoms with van der Waals surface area (Å²) in [5.41, 5.74) is 5.45. The van der Waals surface area contributed by atoms with E-state index in [1.54, 1.807) is 13.8 Å². The fourth-order valence-corrected chi connectivity index (χ4v) is 0.637. The van der Waals surface area contributed by atoms with Crippen LogP contribution < -0.4 is 5.73 Å². The molecule has 1 atom stereocenters. The monoisotopic (exact) mass is 203 g/mol. The standard InChI is InChI=1S/C9H17NO4/c1-4-5-13-9(12)14-8(11)7(10)6(2)3/h6-7H,4-5,10H2,1-3H3/t7-/m0/s1. The van der Waals surface area contributed by atoms with Gasteiger partial charge in [-0.15, -0.1) is 0 Å². The van der Waals surface area contributed by atoms with E-state index >= 15 is 0 Å². The molecule has 0 saturated heterocycles. The van der Waals surface area contributed by atoms with Crippen molar-refractivity contribution < 1.29 is 19.1 Å². The molecular formula is C9H17NO4. The maximum Gasteiger partial charge on any atom is 0.516 e. The van der Waals surface area contributed by atoms with Crippen LogP contribution in [0.5, 0.6) is 0 Å². The Balaban J connectivity index is 3.87. The molecule has 0 unspecified atom stereocenters. The third kappa shape index (κ3) is 4.81. The van der Waals surface area contributed by atoms with Crippen LogP contribution in [-0.4, -0.2) is 24.8 Å². The highest BCUT2D eigenvalue weighted by Crippen LogP contribution is 2.01. The fraction of sp³-hybridized carbons (Fsp3) is 0.778. The van der Waals surface area contributed by atoms with Crippen molar-refractivity contribution in [2.45, 2.75) is 33.2 Å². The Morgan fingerprint density at radius 3 is 2.36 bits per heavy atom. The second kappa shape index (κ2) is 6.37. The molecule has 0 fully saturated rings. The van der Waals surface area contributed by atoms with Gasteiger partial charge in [0.1, 0.15) is 6.04 Å². The van der Waals surface area contributed by atoms with Gasteiger partial charge in [0.15, 0.2) is 0 Å². The van der Waals surface area contributed by atoms with Crippen molar-refractivity contribution in [2.24, 2.45) is 11.7 Å².